The number of amides is 6. The lowest BCUT2D eigenvalue weighted by atomic mass is 9.87. The SMILES string of the molecule is COC(=O)N[C@H](C(=O)N1C(C(=O)Nc2ccc(-c3cc4ccc3CCc3ccc(c(-c5ccc(NC(=O)[C@@H]6[C@H]7CC[C@H](C7)N6C(=O)[C@H](NC(=O)OC)C(C)C)cc5)c3)CC4)cc2)[C@H]2CC[C@@H]1C2)C(C)C. The Morgan fingerprint density at radius 2 is 0.900 bits per heavy atom. The van der Waals surface area contributed by atoms with Crippen LogP contribution in [0.4, 0.5) is 21.0 Å². The molecule has 70 heavy (non-hydrogen) atoms. The van der Waals surface area contributed by atoms with Crippen LogP contribution in [0, 0.1) is 23.7 Å². The lowest BCUT2D eigenvalue weighted by Crippen LogP contribution is -2.58. The average Bonchev–Trinajstić information content (AvgIpc) is 4.18. The van der Waals surface area contributed by atoms with Crippen LogP contribution in [0.2, 0.25) is 0 Å². The third kappa shape index (κ3) is 9.74. The molecule has 14 nitrogen and oxygen atoms in total. The van der Waals surface area contributed by atoms with Gasteiger partial charge in [-0.25, -0.2) is 9.59 Å². The topological polar surface area (TPSA) is 175 Å². The fourth-order valence-electron chi connectivity index (χ4n) is 12.0. The number of rotatable bonds is 12. The van der Waals surface area contributed by atoms with Gasteiger partial charge in [-0.1, -0.05) is 88.4 Å². The van der Waals surface area contributed by atoms with Gasteiger partial charge < -0.3 is 40.5 Å². The Hall–Kier alpha value is -6.70. The molecular weight excluding hydrogens is 885 g/mol. The summed E-state index contributed by atoms with van der Waals surface area (Å²) in [7, 11) is 2.55. The quantitative estimate of drug-likeness (QED) is 0.110. The van der Waals surface area contributed by atoms with Crippen molar-refractivity contribution in [1.29, 1.82) is 0 Å². The number of benzene rings is 4. The van der Waals surface area contributed by atoms with E-state index in [2.05, 4.69) is 81.9 Å². The molecule has 2 aliphatic heterocycles. The van der Waals surface area contributed by atoms with Crippen molar-refractivity contribution in [3.05, 3.63) is 107 Å². The number of hydrogen-bond donors (Lipinski definition) is 4. The van der Waals surface area contributed by atoms with Crippen molar-refractivity contribution in [1.82, 2.24) is 20.4 Å². The lowest BCUT2D eigenvalue weighted by molar-refractivity contribution is -0.143. The molecule has 0 aromatic heterocycles. The maximum absolute atomic E-state index is 14.0. The summed E-state index contributed by atoms with van der Waals surface area (Å²) in [6, 6.07) is 26.6. The minimum absolute atomic E-state index is 0.0332. The van der Waals surface area contributed by atoms with Gasteiger partial charge in [-0.2, -0.15) is 0 Å². The van der Waals surface area contributed by atoms with Gasteiger partial charge in [0.25, 0.3) is 0 Å². The number of nitrogens with one attached hydrogen (secondary N) is 4. The molecule has 0 radical (unpaired) electrons. The van der Waals surface area contributed by atoms with Gasteiger partial charge in [0.2, 0.25) is 23.6 Å². The second-order valence-corrected chi connectivity index (χ2v) is 20.7. The number of carbonyl (C=O) groups excluding carboxylic acids is 6. The summed E-state index contributed by atoms with van der Waals surface area (Å²) in [5.41, 5.74) is 10.7. The first kappa shape index (κ1) is 48.3. The van der Waals surface area contributed by atoms with Crippen molar-refractivity contribution in [2.45, 2.75) is 128 Å². The number of aryl methyl sites for hydroxylation is 4. The first-order valence-corrected chi connectivity index (χ1v) is 25.1. The van der Waals surface area contributed by atoms with Crippen LogP contribution in [-0.4, -0.2) is 96.1 Å². The normalized spacial score (nSPS) is 22.9. The van der Waals surface area contributed by atoms with Crippen molar-refractivity contribution in [2.24, 2.45) is 23.7 Å². The molecule has 4 aromatic rings. The molecule has 4 N–H and O–H groups in total. The number of likely N-dealkylation sites (tertiary alicyclic amines) is 2. The summed E-state index contributed by atoms with van der Waals surface area (Å²) in [4.78, 5) is 83.5. The highest BCUT2D eigenvalue weighted by Crippen LogP contribution is 2.45. The van der Waals surface area contributed by atoms with E-state index in [1.165, 1.54) is 47.6 Å². The highest BCUT2D eigenvalue weighted by molar-refractivity contribution is 6.00. The van der Waals surface area contributed by atoms with Gasteiger partial charge >= 0.3 is 12.2 Å². The van der Waals surface area contributed by atoms with Crippen LogP contribution in [0.25, 0.3) is 22.3 Å². The molecule has 14 heteroatoms. The summed E-state index contributed by atoms with van der Waals surface area (Å²) in [5.74, 6) is -1.15. The predicted molar refractivity (Wildman–Crippen MR) is 268 cm³/mol. The number of hydrogen-bond acceptors (Lipinski definition) is 8. The van der Waals surface area contributed by atoms with E-state index in [9.17, 15) is 28.8 Å². The summed E-state index contributed by atoms with van der Waals surface area (Å²) in [6.45, 7) is 7.49. The van der Waals surface area contributed by atoms with E-state index >= 15 is 0 Å². The predicted octanol–water partition coefficient (Wildman–Crippen LogP) is 8.30. The van der Waals surface area contributed by atoms with E-state index in [4.69, 9.17) is 9.47 Å². The standard InChI is InChI=1S/C56H66N6O8/c1-31(2)47(59-55(67)69-5)53(65)61-43-25-19-39(29-43)49(61)51(63)57-41-21-15-37(16-22-41)45-27-33-7-11-35(45)13-9-34-8-12-36(14-10-33)46(28-34)38-17-23-42(24-18-38)58-52(64)50-40-20-26-44(30-40)62(50)54(66)48(32(3)4)60-56(68)70-6/h7-8,11-12,15-18,21-24,27-28,31-32,39-40,43-44,47-50H,9-10,13-14,19-20,25-26,29-30H2,1-6H3,(H,57,63)(H,58,64)(H,59,67)(H,60,68)/t39-,40-,43+,44+,47-,48+,49?,50-/m0/s1. The zero-order chi connectivity index (χ0) is 49.4. The molecule has 1 unspecified atom stereocenters. The molecule has 12 rings (SSSR count). The van der Waals surface area contributed by atoms with Crippen molar-refractivity contribution in [3.63, 3.8) is 0 Å². The van der Waals surface area contributed by atoms with Gasteiger partial charge in [-0.05, 0) is 157 Å². The number of nitrogens with zero attached hydrogens (tertiary/aromatic N) is 2. The molecular formula is C56H66N6O8. The molecule has 2 saturated carbocycles. The molecule has 6 aliphatic carbocycles. The van der Waals surface area contributed by atoms with Crippen molar-refractivity contribution < 1.29 is 38.2 Å². The number of ether oxygens (including phenoxy) is 2. The zero-order valence-corrected chi connectivity index (χ0v) is 41.1. The van der Waals surface area contributed by atoms with E-state index in [0.717, 1.165) is 75.3 Å². The van der Waals surface area contributed by atoms with Crippen LogP contribution in [0.1, 0.15) is 88.5 Å². The Balaban J connectivity index is 0.862. The largest absolute Gasteiger partial charge is 0.453 e. The minimum Gasteiger partial charge on any atom is -0.453 e. The van der Waals surface area contributed by atoms with Crippen molar-refractivity contribution in [3.8, 4) is 22.3 Å². The van der Waals surface area contributed by atoms with Crippen LogP contribution in [-0.2, 0) is 54.3 Å². The maximum Gasteiger partial charge on any atom is 0.407 e. The van der Waals surface area contributed by atoms with Gasteiger partial charge in [-0.15, -0.1) is 0 Å². The van der Waals surface area contributed by atoms with Gasteiger partial charge in [0, 0.05) is 23.5 Å². The van der Waals surface area contributed by atoms with E-state index in [1.54, 1.807) is 9.80 Å². The highest BCUT2D eigenvalue weighted by atomic mass is 16.5. The molecule has 2 heterocycles. The Morgan fingerprint density at radius 3 is 1.26 bits per heavy atom. The number of piperidine rings is 2. The number of anilines is 2. The van der Waals surface area contributed by atoms with Crippen molar-refractivity contribution >= 4 is 47.2 Å². The molecule has 8 atom stereocenters. The molecule has 2 saturated heterocycles. The summed E-state index contributed by atoms with van der Waals surface area (Å²) in [5, 5.41) is 11.6. The van der Waals surface area contributed by atoms with Gasteiger partial charge in [0.1, 0.15) is 24.2 Å². The monoisotopic (exact) mass is 950 g/mol. The minimum atomic E-state index is -0.794. The maximum atomic E-state index is 14.0. The van der Waals surface area contributed by atoms with Crippen molar-refractivity contribution in [2.75, 3.05) is 24.9 Å². The van der Waals surface area contributed by atoms with E-state index in [0.29, 0.717) is 11.4 Å². The number of alkyl carbamates (subject to hydrolysis) is 2. The van der Waals surface area contributed by atoms with Crippen LogP contribution in [0.15, 0.2) is 84.9 Å². The fourth-order valence-corrected chi connectivity index (χ4v) is 12.0. The number of fused-ring (bicyclic) bond motifs is 4. The first-order chi connectivity index (χ1) is 33.7. The smallest absolute Gasteiger partial charge is 0.407 e. The third-order valence-corrected chi connectivity index (χ3v) is 15.6. The molecule has 4 fully saturated rings. The Kier molecular flexibility index (Phi) is 14.0. The molecule has 8 aliphatic rings. The Labute approximate surface area is 410 Å². The van der Waals surface area contributed by atoms with Crippen LogP contribution in [0.5, 0.6) is 0 Å². The highest BCUT2D eigenvalue weighted by Gasteiger charge is 2.54. The number of methoxy groups -OCH3 is 2. The molecule has 4 aromatic carbocycles. The van der Waals surface area contributed by atoms with Crippen LogP contribution < -0.4 is 21.3 Å². The second kappa shape index (κ2) is 20.3. The number of carbonyl (C=O) groups is 6. The average molecular weight is 951 g/mol. The first-order valence-electron chi connectivity index (χ1n) is 25.1. The summed E-state index contributed by atoms with van der Waals surface area (Å²) in [6.07, 6.45) is 6.98. The van der Waals surface area contributed by atoms with E-state index < -0.39 is 36.4 Å². The zero-order valence-electron chi connectivity index (χ0n) is 41.1. The fraction of sp³-hybridized carbons (Fsp3) is 0.464. The Bertz CT molecular complexity index is 2470. The van der Waals surface area contributed by atoms with Gasteiger partial charge in [0.15, 0.2) is 0 Å². The van der Waals surface area contributed by atoms with Gasteiger partial charge in [-0.3, -0.25) is 19.2 Å². The third-order valence-electron chi connectivity index (χ3n) is 15.6. The van der Waals surface area contributed by atoms with E-state index in [-0.39, 0.29) is 59.4 Å². The lowest BCUT2D eigenvalue weighted by Gasteiger charge is -2.37. The second-order valence-electron chi connectivity index (χ2n) is 20.7. The van der Waals surface area contributed by atoms with Gasteiger partial charge in [0.05, 0.1) is 14.2 Å². The Morgan fingerprint density at radius 1 is 0.514 bits per heavy atom. The molecule has 0 spiro atoms. The molecule has 368 valence electrons. The van der Waals surface area contributed by atoms with E-state index in [1.807, 2.05) is 52.0 Å². The van der Waals surface area contributed by atoms with Crippen LogP contribution >= 0.6 is 0 Å². The van der Waals surface area contributed by atoms with Crippen LogP contribution in [0.3, 0.4) is 0 Å². The summed E-state index contributed by atoms with van der Waals surface area (Å²) >= 11 is 0. The summed E-state index contributed by atoms with van der Waals surface area (Å²) < 4.78 is 9.60. The molecule has 6 amide bonds. The molecule has 8 bridgehead atoms.